The summed E-state index contributed by atoms with van der Waals surface area (Å²) in [6, 6.07) is 0.471. The summed E-state index contributed by atoms with van der Waals surface area (Å²) in [4.78, 5) is 210. The molecule has 27 N–H and O–H groups in total. The highest BCUT2D eigenvalue weighted by atomic mass is 35.5. The van der Waals surface area contributed by atoms with Crippen LogP contribution in [0.2, 0.25) is 10.0 Å². The maximum absolute atomic E-state index is 16.3. The summed E-state index contributed by atoms with van der Waals surface area (Å²) in [5.74, 6) is -20.6. The maximum Gasteiger partial charge on any atom is 0.407 e. The summed E-state index contributed by atoms with van der Waals surface area (Å²) in [5, 5.41) is 157. The van der Waals surface area contributed by atoms with E-state index in [1.165, 1.54) is 50.4 Å². The van der Waals surface area contributed by atoms with Gasteiger partial charge in [0.05, 0.1) is 34.7 Å². The number of alkyl carbamates (subject to hydrolysis) is 1. The number of halogens is 2. The number of unbranched alkanes of at least 4 members (excludes halogenated alkanes) is 2. The molecule has 48 nitrogen and oxygen atoms in total. The second-order valence-electron chi connectivity index (χ2n) is 36.0. The number of nitrogens with one attached hydrogen (secondary N) is 12. The fourth-order valence-electron chi connectivity index (χ4n) is 16.8. The number of benzene rings is 6. The second-order valence-corrected chi connectivity index (χ2v) is 36.8. The Morgan fingerprint density at radius 2 is 1.27 bits per heavy atom. The van der Waals surface area contributed by atoms with Gasteiger partial charge in [-0.2, -0.15) is 0 Å². The van der Waals surface area contributed by atoms with Gasteiger partial charge in [-0.3, -0.25) is 62.4 Å². The number of hydrogen-bond acceptors (Lipinski definition) is 33. The van der Waals surface area contributed by atoms with Crippen molar-refractivity contribution in [2.45, 2.75) is 221 Å². The molecule has 6 aromatic rings. The van der Waals surface area contributed by atoms with Gasteiger partial charge in [-0.15, -0.1) is 0 Å². The molecular weight excluding hydrogens is 1940 g/mol. The normalized spacial score (nSPS) is 24.9. The molecule has 0 aromatic heterocycles. The number of nitrogens with zero attached hydrogens (tertiary/aromatic N) is 1. The average molecular weight is 2050 g/mol. The molecule has 6 aromatic carbocycles. The van der Waals surface area contributed by atoms with Gasteiger partial charge in [0, 0.05) is 66.5 Å². The van der Waals surface area contributed by atoms with Crippen LogP contribution in [0.3, 0.4) is 0 Å². The lowest BCUT2D eigenvalue weighted by atomic mass is 9.87. The van der Waals surface area contributed by atoms with Crippen molar-refractivity contribution in [2.24, 2.45) is 23.3 Å². The number of anilines is 1. The highest BCUT2D eigenvalue weighted by Gasteiger charge is 2.54. The van der Waals surface area contributed by atoms with E-state index in [-0.39, 0.29) is 61.5 Å². The molecule has 2 saturated heterocycles. The molecule has 8 heterocycles. The zero-order chi connectivity index (χ0) is 105. The first-order valence-corrected chi connectivity index (χ1v) is 46.3. The average Bonchev–Trinajstić information content (AvgIpc) is 1.08. The number of likely N-dealkylation sites (N-methyl/N-ethyl adjacent to an activating group) is 1. The number of rotatable bonds is 32. The molecule has 0 radical (unpaired) electrons. The number of amides is 15. The number of ether oxygens (including phenoxy) is 7. The molecule has 50 heteroatoms. The number of aliphatic carboxylic acids is 1. The predicted molar refractivity (Wildman–Crippen MR) is 500 cm³/mol. The quantitative estimate of drug-likeness (QED) is 0.0202. The number of carbonyl (C=O) groups is 15. The van der Waals surface area contributed by atoms with Crippen molar-refractivity contribution in [2.75, 3.05) is 32.1 Å². The molecule has 144 heavy (non-hydrogen) atoms. The molecule has 2 fully saturated rings. The molecule has 774 valence electrons. The standard InChI is InChI=1S/C94H111Cl2N15O33/c1-39(2)27-53(99-6)82(126)108-72-74(120)43-16-21-57(50(95)29-43)139-59-31-45-32-60(140-58-22-17-44(30-51(58)96)75(121)73-88(132)107-71(89(133)134)49-33-47(113)34-56(115)67(49)48-28-42(15-20-55(48)114)69(85(129)109-73)106-86(130)70(45)105-83(127)54(35-62(97)116)103-87(72)131)78(59)144-91-79(77(123)76(122)61(37-112)141-91)142-66-36-94(5,80(124)90(135)143-66)110-93(137)138-38-41-13-18-46(19-14-41)101-81(125)52(11-10-25-100-92(98)136)102-84(128)68(40(3)4)104-63(117)12-8-7-9-26-111-64(118)23-24-65(111)119/h13-24,28-34,39-40,52-54,61,66,68-77,79-80,90-91,99,112-115,120-124,135H,7-12,25-27,35-38H2,1-6H3,(H2,97,116)(H,101,125)(H,102,128)(H,103,131)(H,104,117)(H,105,127)(H,106,130)(H,107,132)(H,108,126)(H,109,129)(H,110,137)(H,133,134)(H3,98,100,136)/t52-,53+,54-,61-,66+,68-,69+,70+,71+,72+,73-,74+,75+,76-,77+,79-,80+,90+,91+,94-/m0/s1. The minimum Gasteiger partial charge on any atom is -0.508 e. The first-order valence-electron chi connectivity index (χ1n) is 45.6. The van der Waals surface area contributed by atoms with Crippen molar-refractivity contribution in [3.63, 3.8) is 0 Å². The summed E-state index contributed by atoms with van der Waals surface area (Å²) in [5.41, 5.74) is 6.12. The van der Waals surface area contributed by atoms with Crippen molar-refractivity contribution >= 4 is 118 Å². The summed E-state index contributed by atoms with van der Waals surface area (Å²) in [6.07, 6.45) is -20.9. The van der Waals surface area contributed by atoms with Crippen LogP contribution in [0.15, 0.2) is 115 Å². The Labute approximate surface area is 830 Å². The van der Waals surface area contributed by atoms with Crippen LogP contribution in [-0.4, -0.2) is 268 Å². The van der Waals surface area contributed by atoms with Gasteiger partial charge in [0.15, 0.2) is 36.2 Å². The van der Waals surface area contributed by atoms with Gasteiger partial charge < -0.3 is 165 Å². The van der Waals surface area contributed by atoms with Crippen molar-refractivity contribution in [1.82, 2.24) is 63.4 Å². The monoisotopic (exact) mass is 2050 g/mol. The number of carboxylic acid groups (broad SMARTS) is 1. The molecule has 8 aliphatic heterocycles. The molecule has 0 aliphatic carbocycles. The lowest BCUT2D eigenvalue weighted by molar-refractivity contribution is -0.355. The van der Waals surface area contributed by atoms with Gasteiger partial charge in [-0.25, -0.2) is 14.4 Å². The highest BCUT2D eigenvalue weighted by molar-refractivity contribution is 6.32. The largest absolute Gasteiger partial charge is 0.508 e. The number of fused-ring (bicyclic) bond motifs is 15. The first-order chi connectivity index (χ1) is 68.2. The molecule has 11 bridgehead atoms. The molecule has 20 atom stereocenters. The molecular formula is C94H111Cl2N15O33. The Morgan fingerprint density at radius 3 is 1.88 bits per heavy atom. The SMILES string of the molecule is CN[C@H](CC(C)C)C(=O)N[C@H]1C(=O)N[C@@H](CC(N)=O)C(=O)N[C@H]2C(=O)N[C@H]3C(=O)N[C@H](C(=O)N[C@@H](C(=O)O)c4cc(O)cc(O)c4-c4cc3ccc4O)[C@H](O)c3ccc(c(Cl)c3)Oc3cc2cc(c3O[C@H]2O[C@@H](CO)[C@H](O)[C@@H](O)[C@@H]2O[C@H]2C[C@](C)(NC(=O)OCc3ccc(NC(=O)[C@H](CCCNC(N)=O)NC(=O)[C@@H](NC(=O)CCCCCN4C(=O)C=CC4=O)C(C)C)cc3)[C@H](O)[C@H](O)O2)Oc2ccc(cc2Cl)[C@H]1O. The summed E-state index contributed by atoms with van der Waals surface area (Å²) in [7, 11) is 1.44. The Morgan fingerprint density at radius 1 is 0.639 bits per heavy atom. The van der Waals surface area contributed by atoms with Crippen LogP contribution in [0.25, 0.3) is 11.1 Å². The minimum atomic E-state index is -2.47. The number of urea groups is 1. The van der Waals surface area contributed by atoms with Crippen LogP contribution in [0.1, 0.15) is 156 Å². The summed E-state index contributed by atoms with van der Waals surface area (Å²) in [6.45, 7) is 6.68. The Kier molecular flexibility index (Phi) is 35.7. The number of aliphatic hydroxyl groups excluding tert-OH is 7. The smallest absolute Gasteiger partial charge is 0.407 e. The lowest BCUT2D eigenvalue weighted by Gasteiger charge is -2.47. The van der Waals surface area contributed by atoms with E-state index in [0.29, 0.717) is 24.8 Å². The number of phenols is 3. The summed E-state index contributed by atoms with van der Waals surface area (Å²) >= 11 is 14.3. The van der Waals surface area contributed by atoms with Crippen molar-refractivity contribution in [1.29, 1.82) is 0 Å². The van der Waals surface area contributed by atoms with Gasteiger partial charge in [0.1, 0.15) is 114 Å². The Bertz CT molecular complexity index is 5900. The number of imide groups is 1. The van der Waals surface area contributed by atoms with Crippen molar-refractivity contribution in [3.8, 4) is 57.1 Å². The molecule has 8 aliphatic rings. The number of aromatic hydroxyl groups is 3. The van der Waals surface area contributed by atoms with Crippen molar-refractivity contribution in [3.05, 3.63) is 159 Å². The van der Waals surface area contributed by atoms with E-state index < -0.39 is 326 Å². The number of hydrogen-bond donors (Lipinski definition) is 25. The summed E-state index contributed by atoms with van der Waals surface area (Å²) < 4.78 is 44.0. The third-order valence-corrected chi connectivity index (χ3v) is 25.1. The fraction of sp³-hybridized carbons (Fsp3) is 0.436. The number of phenolic OH excluding ortho intramolecular Hbond substituents is 3. The first kappa shape index (κ1) is 109. The minimum absolute atomic E-state index is 0.000656. The topological polar surface area (TPSA) is 743 Å². The van der Waals surface area contributed by atoms with Crippen LogP contribution in [0, 0.1) is 11.8 Å². The fourth-order valence-corrected chi connectivity index (χ4v) is 17.3. The van der Waals surface area contributed by atoms with E-state index in [1.807, 2.05) is 0 Å². The van der Waals surface area contributed by atoms with E-state index in [0.717, 1.165) is 83.8 Å². The second kappa shape index (κ2) is 47.4. The molecule has 0 unspecified atom stereocenters. The number of carboxylic acids is 1. The third-order valence-electron chi connectivity index (χ3n) is 24.5. The van der Waals surface area contributed by atoms with Gasteiger partial charge >= 0.3 is 18.1 Å². The van der Waals surface area contributed by atoms with Gasteiger partial charge in [0.25, 0.3) is 11.8 Å². The maximum atomic E-state index is 16.3. The number of nitrogens with two attached hydrogens (primary N) is 2. The van der Waals surface area contributed by atoms with Crippen LogP contribution in [-0.2, 0) is 87.9 Å². The Hall–Kier alpha value is -14.1. The van der Waals surface area contributed by atoms with Gasteiger partial charge in [0.2, 0.25) is 71.1 Å². The molecule has 15 amide bonds. The van der Waals surface area contributed by atoms with Crippen LogP contribution >= 0.6 is 23.2 Å². The third kappa shape index (κ3) is 26.3. The zero-order valence-corrected chi connectivity index (χ0v) is 79.6. The number of aliphatic hydroxyl groups is 7. The Balaban J connectivity index is 0.880. The van der Waals surface area contributed by atoms with Crippen LogP contribution < -0.4 is 89.5 Å². The van der Waals surface area contributed by atoms with E-state index >= 15 is 24.0 Å². The van der Waals surface area contributed by atoms with Crippen LogP contribution in [0.4, 0.5) is 15.3 Å². The van der Waals surface area contributed by atoms with E-state index in [1.54, 1.807) is 27.7 Å². The van der Waals surface area contributed by atoms with Gasteiger partial charge in [-0.1, -0.05) is 87.6 Å². The van der Waals surface area contributed by atoms with Crippen molar-refractivity contribution < 1.29 is 161 Å². The number of primary amides is 2. The number of carbonyl (C=O) groups excluding carboxylic acids is 14. The lowest BCUT2D eigenvalue weighted by Crippen LogP contribution is -2.66. The molecule has 14 rings (SSSR count). The molecule has 0 spiro atoms. The molecule has 0 saturated carbocycles. The highest BCUT2D eigenvalue weighted by Crippen LogP contribution is 2.50. The van der Waals surface area contributed by atoms with E-state index in [2.05, 4.69) is 63.8 Å². The van der Waals surface area contributed by atoms with E-state index in [9.17, 15) is 104 Å². The van der Waals surface area contributed by atoms with Crippen LogP contribution in [0.5, 0.6) is 46.0 Å². The predicted octanol–water partition coefficient (Wildman–Crippen LogP) is 0.502. The zero-order valence-electron chi connectivity index (χ0n) is 78.0. The van der Waals surface area contributed by atoms with E-state index in [4.69, 9.17) is 67.8 Å². The van der Waals surface area contributed by atoms with Gasteiger partial charge in [-0.05, 0) is 152 Å².